The lowest BCUT2D eigenvalue weighted by Crippen LogP contribution is -2.15. The van der Waals surface area contributed by atoms with Gasteiger partial charge in [-0.05, 0) is 36.2 Å². The van der Waals surface area contributed by atoms with Crippen LogP contribution in [0, 0.1) is 5.92 Å². The third-order valence-corrected chi connectivity index (χ3v) is 4.46. The Hall–Kier alpha value is -1.93. The van der Waals surface area contributed by atoms with E-state index in [1.807, 2.05) is 24.3 Å². The molecule has 0 radical (unpaired) electrons. The molecule has 2 unspecified atom stereocenters. The highest BCUT2D eigenvalue weighted by Crippen LogP contribution is 2.27. The maximum atomic E-state index is 12.5. The van der Waals surface area contributed by atoms with Gasteiger partial charge in [0.1, 0.15) is 0 Å². The predicted octanol–water partition coefficient (Wildman–Crippen LogP) is 2.92. The molecule has 5 heteroatoms. The van der Waals surface area contributed by atoms with E-state index in [0.717, 1.165) is 29.5 Å². The largest absolute Gasteiger partial charge is 0.364 e. The Morgan fingerprint density at radius 2 is 2.05 bits per heavy atom. The summed E-state index contributed by atoms with van der Waals surface area (Å²) in [7, 11) is 2.60. The molecule has 0 fully saturated rings. The van der Waals surface area contributed by atoms with Crippen molar-refractivity contribution in [3.8, 4) is 0 Å². The average Bonchev–Trinajstić information content (AvgIpc) is 2.85. The number of amides is 1. The highest BCUT2D eigenvalue weighted by molar-refractivity contribution is 7.27. The SMILES string of the molecule is CC1CCC(=O)c2c(C(=O)Nc3ccc(P)cc3)c[nH]c2C1. The standard InChI is InChI=1S/C17H19N2O2P/c1-10-2-7-15(20)16-13(9-18-14(16)8-10)17(21)19-11-3-5-12(22)6-4-11/h3-6,9-10,18H,2,7-8,22H2,1H3,(H,19,21). The van der Waals surface area contributed by atoms with E-state index in [1.165, 1.54) is 0 Å². The zero-order valence-electron chi connectivity index (χ0n) is 12.5. The van der Waals surface area contributed by atoms with Gasteiger partial charge >= 0.3 is 0 Å². The van der Waals surface area contributed by atoms with E-state index >= 15 is 0 Å². The Balaban J connectivity index is 1.87. The Bertz CT molecular complexity index is 719. The minimum absolute atomic E-state index is 0.0612. The van der Waals surface area contributed by atoms with Crippen molar-refractivity contribution in [2.45, 2.75) is 26.2 Å². The van der Waals surface area contributed by atoms with Crippen LogP contribution in [0.15, 0.2) is 30.5 Å². The second kappa shape index (κ2) is 6.05. The van der Waals surface area contributed by atoms with Crippen LogP contribution in [0.5, 0.6) is 0 Å². The first-order valence-electron chi connectivity index (χ1n) is 7.45. The van der Waals surface area contributed by atoms with Crippen molar-refractivity contribution in [1.29, 1.82) is 0 Å². The number of Topliss-reactive ketones (excluding diaryl/α,β-unsaturated/α-hetero) is 1. The molecule has 1 aromatic heterocycles. The van der Waals surface area contributed by atoms with Crippen molar-refractivity contribution >= 4 is 31.9 Å². The van der Waals surface area contributed by atoms with Crippen LogP contribution in [-0.2, 0) is 6.42 Å². The number of hydrogen-bond donors (Lipinski definition) is 2. The Morgan fingerprint density at radius 3 is 2.77 bits per heavy atom. The summed E-state index contributed by atoms with van der Waals surface area (Å²) < 4.78 is 0. The van der Waals surface area contributed by atoms with Crippen molar-refractivity contribution < 1.29 is 9.59 Å². The highest BCUT2D eigenvalue weighted by atomic mass is 31.0. The van der Waals surface area contributed by atoms with Crippen molar-refractivity contribution in [2.24, 2.45) is 5.92 Å². The highest BCUT2D eigenvalue weighted by Gasteiger charge is 2.26. The van der Waals surface area contributed by atoms with Crippen LogP contribution in [0.3, 0.4) is 0 Å². The molecule has 114 valence electrons. The fourth-order valence-electron chi connectivity index (χ4n) is 2.84. The number of ketones is 1. The molecule has 1 amide bonds. The van der Waals surface area contributed by atoms with E-state index in [-0.39, 0.29) is 11.7 Å². The Kier molecular flexibility index (Phi) is 4.12. The molecule has 0 saturated heterocycles. The molecule has 22 heavy (non-hydrogen) atoms. The van der Waals surface area contributed by atoms with Gasteiger partial charge in [-0.15, -0.1) is 9.24 Å². The summed E-state index contributed by atoms with van der Waals surface area (Å²) >= 11 is 0. The van der Waals surface area contributed by atoms with Gasteiger partial charge in [0.2, 0.25) is 0 Å². The van der Waals surface area contributed by atoms with E-state index in [0.29, 0.717) is 23.5 Å². The van der Waals surface area contributed by atoms with Gasteiger partial charge in [-0.2, -0.15) is 0 Å². The molecule has 0 spiro atoms. The number of fused-ring (bicyclic) bond motifs is 1. The van der Waals surface area contributed by atoms with Gasteiger partial charge in [-0.25, -0.2) is 0 Å². The quantitative estimate of drug-likeness (QED) is 0.661. The average molecular weight is 314 g/mol. The van der Waals surface area contributed by atoms with Crippen molar-refractivity contribution in [3.63, 3.8) is 0 Å². The van der Waals surface area contributed by atoms with E-state index < -0.39 is 0 Å². The molecular formula is C17H19N2O2P. The van der Waals surface area contributed by atoms with Crippen LogP contribution in [0.2, 0.25) is 0 Å². The molecule has 1 aliphatic carbocycles. The van der Waals surface area contributed by atoms with Crippen molar-refractivity contribution in [2.75, 3.05) is 5.32 Å². The number of aromatic amines is 1. The summed E-state index contributed by atoms with van der Waals surface area (Å²) in [4.78, 5) is 27.9. The molecule has 3 rings (SSSR count). The normalized spacial score (nSPS) is 17.7. The molecule has 0 aliphatic heterocycles. The number of carbonyl (C=O) groups excluding carboxylic acids is 2. The number of nitrogens with one attached hydrogen (secondary N) is 2. The lowest BCUT2D eigenvalue weighted by molar-refractivity contribution is 0.0962. The minimum atomic E-state index is -0.239. The first-order chi connectivity index (χ1) is 10.5. The number of rotatable bonds is 2. The summed E-state index contributed by atoms with van der Waals surface area (Å²) in [5, 5.41) is 3.91. The predicted molar refractivity (Wildman–Crippen MR) is 91.0 cm³/mol. The van der Waals surface area contributed by atoms with Crippen molar-refractivity contribution in [1.82, 2.24) is 4.98 Å². The van der Waals surface area contributed by atoms with Gasteiger partial charge in [0, 0.05) is 24.0 Å². The molecule has 4 nitrogen and oxygen atoms in total. The molecule has 2 atom stereocenters. The monoisotopic (exact) mass is 314 g/mol. The summed E-state index contributed by atoms with van der Waals surface area (Å²) in [6, 6.07) is 7.50. The number of H-pyrrole nitrogens is 1. The fourth-order valence-corrected chi connectivity index (χ4v) is 3.04. The molecule has 2 N–H and O–H groups in total. The first-order valence-corrected chi connectivity index (χ1v) is 8.02. The first kappa shape index (κ1) is 15.0. The molecule has 0 saturated carbocycles. The van der Waals surface area contributed by atoms with Gasteiger partial charge in [-0.3, -0.25) is 9.59 Å². The lowest BCUT2D eigenvalue weighted by atomic mass is 10.0. The zero-order valence-corrected chi connectivity index (χ0v) is 13.6. The smallest absolute Gasteiger partial charge is 0.257 e. The van der Waals surface area contributed by atoms with Gasteiger partial charge < -0.3 is 10.3 Å². The Labute approximate surface area is 131 Å². The topological polar surface area (TPSA) is 62.0 Å². The number of anilines is 1. The second-order valence-electron chi connectivity index (χ2n) is 5.90. The van der Waals surface area contributed by atoms with Crippen LogP contribution in [-0.4, -0.2) is 16.7 Å². The molecule has 1 heterocycles. The van der Waals surface area contributed by atoms with E-state index in [2.05, 4.69) is 26.5 Å². The number of benzene rings is 1. The van der Waals surface area contributed by atoms with Crippen LogP contribution in [0.4, 0.5) is 5.69 Å². The summed E-state index contributed by atoms with van der Waals surface area (Å²) in [6.45, 7) is 2.13. The maximum absolute atomic E-state index is 12.5. The third-order valence-electron chi connectivity index (χ3n) is 4.07. The number of aromatic nitrogens is 1. The van der Waals surface area contributed by atoms with E-state index in [4.69, 9.17) is 0 Å². The van der Waals surface area contributed by atoms with Gasteiger partial charge in [0.05, 0.1) is 11.1 Å². The van der Waals surface area contributed by atoms with Crippen LogP contribution >= 0.6 is 9.24 Å². The van der Waals surface area contributed by atoms with Crippen LogP contribution < -0.4 is 10.6 Å². The zero-order chi connectivity index (χ0) is 15.7. The molecule has 1 aliphatic rings. The fraction of sp³-hybridized carbons (Fsp3) is 0.294. The van der Waals surface area contributed by atoms with E-state index in [9.17, 15) is 9.59 Å². The third kappa shape index (κ3) is 2.97. The molecule has 0 bridgehead atoms. The van der Waals surface area contributed by atoms with Crippen LogP contribution in [0.1, 0.15) is 46.2 Å². The second-order valence-corrected chi connectivity index (χ2v) is 6.57. The minimum Gasteiger partial charge on any atom is -0.364 e. The summed E-state index contributed by atoms with van der Waals surface area (Å²) in [5.74, 6) is 0.275. The number of hydrogen-bond acceptors (Lipinski definition) is 2. The summed E-state index contributed by atoms with van der Waals surface area (Å²) in [5.41, 5.74) is 2.63. The lowest BCUT2D eigenvalue weighted by Gasteiger charge is -2.06. The van der Waals surface area contributed by atoms with Gasteiger partial charge in [-0.1, -0.05) is 19.1 Å². The van der Waals surface area contributed by atoms with Gasteiger partial charge in [0.15, 0.2) is 5.78 Å². The maximum Gasteiger partial charge on any atom is 0.257 e. The summed E-state index contributed by atoms with van der Waals surface area (Å²) in [6.07, 6.45) is 3.85. The van der Waals surface area contributed by atoms with Gasteiger partial charge in [0.25, 0.3) is 5.91 Å². The molecule has 1 aromatic carbocycles. The number of carbonyl (C=O) groups is 2. The van der Waals surface area contributed by atoms with Crippen LogP contribution in [0.25, 0.3) is 0 Å². The van der Waals surface area contributed by atoms with E-state index in [1.54, 1.807) is 6.20 Å². The Morgan fingerprint density at radius 1 is 1.32 bits per heavy atom. The molecule has 2 aromatic rings. The van der Waals surface area contributed by atoms with Crippen molar-refractivity contribution in [3.05, 3.63) is 47.3 Å². The molecular weight excluding hydrogens is 295 g/mol.